The van der Waals surface area contributed by atoms with Gasteiger partial charge < -0.3 is 15.1 Å². The average molecular weight is 401 g/mol. The van der Waals surface area contributed by atoms with E-state index in [0.717, 1.165) is 31.3 Å². The van der Waals surface area contributed by atoms with Crippen molar-refractivity contribution >= 4 is 23.6 Å². The molecule has 3 rings (SSSR count). The van der Waals surface area contributed by atoms with Crippen LogP contribution in [0.5, 0.6) is 0 Å². The second-order valence-corrected chi connectivity index (χ2v) is 9.56. The maximum Gasteiger partial charge on any atom is 0.250 e. The van der Waals surface area contributed by atoms with Gasteiger partial charge >= 0.3 is 0 Å². The molecule has 0 radical (unpaired) electrons. The van der Waals surface area contributed by atoms with Crippen molar-refractivity contribution < 1.29 is 14.4 Å². The lowest BCUT2D eigenvalue weighted by Gasteiger charge is -2.45. The van der Waals surface area contributed by atoms with Crippen molar-refractivity contribution in [3.63, 3.8) is 0 Å². The van der Waals surface area contributed by atoms with Crippen LogP contribution in [0.1, 0.15) is 66.7 Å². The molecule has 0 aromatic heterocycles. The summed E-state index contributed by atoms with van der Waals surface area (Å²) in [6.07, 6.45) is 9.37. The lowest BCUT2D eigenvalue weighted by Crippen LogP contribution is -2.63. The normalized spacial score (nSPS) is 24.7. The van der Waals surface area contributed by atoms with Crippen LogP contribution in [0.4, 0.5) is 0 Å². The van der Waals surface area contributed by atoms with E-state index in [4.69, 9.17) is 0 Å². The molecule has 1 N–H and O–H groups in total. The topological polar surface area (TPSA) is 82.1 Å². The van der Waals surface area contributed by atoms with E-state index in [0.29, 0.717) is 5.84 Å². The van der Waals surface area contributed by atoms with Gasteiger partial charge in [-0.15, -0.1) is 0 Å². The third kappa shape index (κ3) is 4.60. The number of carbonyl (C=O) groups is 3. The highest BCUT2D eigenvalue weighted by Gasteiger charge is 2.49. The highest BCUT2D eigenvalue weighted by molar-refractivity contribution is 6.10. The monoisotopic (exact) mass is 400 g/mol. The molecule has 29 heavy (non-hydrogen) atoms. The van der Waals surface area contributed by atoms with Crippen LogP contribution in [0, 0.1) is 0 Å². The Hall–Kier alpha value is -2.44. The van der Waals surface area contributed by atoms with Crippen molar-refractivity contribution in [2.45, 2.75) is 83.8 Å². The van der Waals surface area contributed by atoms with Crippen molar-refractivity contribution in [2.75, 3.05) is 6.54 Å². The maximum absolute atomic E-state index is 13.9. The van der Waals surface area contributed by atoms with Gasteiger partial charge in [0.2, 0.25) is 11.8 Å². The molecule has 0 aromatic carbocycles. The second kappa shape index (κ2) is 7.76. The minimum Gasteiger partial charge on any atom is -0.350 e. The van der Waals surface area contributed by atoms with Crippen LogP contribution >= 0.6 is 0 Å². The Morgan fingerprint density at radius 2 is 1.93 bits per heavy atom. The molecule has 0 bridgehead atoms. The fraction of sp³-hybridized carbons (Fsp3) is 0.636. The first kappa shape index (κ1) is 21.3. The van der Waals surface area contributed by atoms with Gasteiger partial charge in [0.15, 0.2) is 0 Å². The van der Waals surface area contributed by atoms with E-state index in [1.54, 1.807) is 22.8 Å². The van der Waals surface area contributed by atoms with Gasteiger partial charge in [0.05, 0.1) is 13.0 Å². The summed E-state index contributed by atoms with van der Waals surface area (Å²) in [6, 6.07) is 0.0212. The zero-order chi connectivity index (χ0) is 21.4. The molecule has 0 aromatic rings. The van der Waals surface area contributed by atoms with Crippen LogP contribution in [0.25, 0.3) is 0 Å². The first-order valence-corrected chi connectivity index (χ1v) is 10.4. The lowest BCUT2D eigenvalue weighted by molar-refractivity contribution is -0.148. The molecule has 2 aliphatic heterocycles. The lowest BCUT2D eigenvalue weighted by atomic mass is 9.89. The number of amides is 3. The quantitative estimate of drug-likeness (QED) is 0.786. The predicted octanol–water partition coefficient (Wildman–Crippen LogP) is 2.54. The Kier molecular flexibility index (Phi) is 5.70. The molecule has 7 heteroatoms. The fourth-order valence-corrected chi connectivity index (χ4v) is 4.32. The highest BCUT2D eigenvalue weighted by atomic mass is 16.2. The Balaban J connectivity index is 1.91. The van der Waals surface area contributed by atoms with Gasteiger partial charge in [-0.3, -0.25) is 14.4 Å². The van der Waals surface area contributed by atoms with Crippen LogP contribution in [-0.4, -0.2) is 57.0 Å². The van der Waals surface area contributed by atoms with Gasteiger partial charge in [-0.25, -0.2) is 0 Å². The van der Waals surface area contributed by atoms with Crippen molar-refractivity contribution in [3.8, 4) is 0 Å². The van der Waals surface area contributed by atoms with Crippen LogP contribution in [0.2, 0.25) is 0 Å². The molecule has 2 heterocycles. The zero-order valence-electron chi connectivity index (χ0n) is 18.1. The Morgan fingerprint density at radius 1 is 1.28 bits per heavy atom. The molecule has 0 spiro atoms. The minimum absolute atomic E-state index is 0.00291. The summed E-state index contributed by atoms with van der Waals surface area (Å²) in [6.45, 7) is 9.50. The number of fused-ring (bicyclic) bond motifs is 1. The Morgan fingerprint density at radius 3 is 2.55 bits per heavy atom. The van der Waals surface area contributed by atoms with Crippen LogP contribution in [0.15, 0.2) is 28.9 Å². The van der Waals surface area contributed by atoms with Crippen molar-refractivity contribution in [3.05, 3.63) is 23.9 Å². The van der Waals surface area contributed by atoms with Gasteiger partial charge in [-0.05, 0) is 59.1 Å². The molecular weight excluding hydrogens is 368 g/mol. The summed E-state index contributed by atoms with van der Waals surface area (Å²) in [5, 5.41) is 2.96. The zero-order valence-corrected chi connectivity index (χ0v) is 18.1. The molecule has 0 saturated heterocycles. The molecule has 7 nitrogen and oxygen atoms in total. The molecule has 1 aliphatic carbocycles. The SMILES string of the molecule is CC1=CN2C(=NC(=O)C[C@]2(C)C(=O)N(CC(=O)NC(C)(C)C)C2CCCC2)C=C1. The molecule has 0 unspecified atom stereocenters. The van der Waals surface area contributed by atoms with Gasteiger partial charge in [0.25, 0.3) is 5.91 Å². The van der Waals surface area contributed by atoms with E-state index in [2.05, 4.69) is 10.3 Å². The summed E-state index contributed by atoms with van der Waals surface area (Å²) in [7, 11) is 0. The summed E-state index contributed by atoms with van der Waals surface area (Å²) >= 11 is 0. The Bertz CT molecular complexity index is 799. The largest absolute Gasteiger partial charge is 0.350 e. The number of nitrogens with zero attached hydrogens (tertiary/aromatic N) is 3. The number of hydrogen-bond acceptors (Lipinski definition) is 4. The third-order valence-electron chi connectivity index (χ3n) is 5.66. The van der Waals surface area contributed by atoms with Gasteiger partial charge in [-0.2, -0.15) is 4.99 Å². The molecule has 3 amide bonds. The van der Waals surface area contributed by atoms with Crippen LogP contribution < -0.4 is 5.32 Å². The van der Waals surface area contributed by atoms with Crippen LogP contribution in [0.3, 0.4) is 0 Å². The van der Waals surface area contributed by atoms with E-state index in [9.17, 15) is 14.4 Å². The molecule has 1 fully saturated rings. The number of nitrogens with one attached hydrogen (secondary N) is 1. The minimum atomic E-state index is -1.09. The molecular formula is C22H32N4O3. The summed E-state index contributed by atoms with van der Waals surface area (Å²) in [4.78, 5) is 46.5. The molecule has 3 aliphatic rings. The van der Waals surface area contributed by atoms with E-state index < -0.39 is 5.54 Å². The highest BCUT2D eigenvalue weighted by Crippen LogP contribution is 2.33. The van der Waals surface area contributed by atoms with Gasteiger partial charge in [-0.1, -0.05) is 18.9 Å². The number of aliphatic imine (C=N–C) groups is 1. The second-order valence-electron chi connectivity index (χ2n) is 9.56. The van der Waals surface area contributed by atoms with Gasteiger partial charge in [0.1, 0.15) is 11.4 Å². The molecule has 1 saturated carbocycles. The number of amidine groups is 1. The first-order valence-electron chi connectivity index (χ1n) is 10.4. The predicted molar refractivity (Wildman–Crippen MR) is 112 cm³/mol. The fourth-order valence-electron chi connectivity index (χ4n) is 4.32. The van der Waals surface area contributed by atoms with E-state index >= 15 is 0 Å². The number of hydrogen-bond donors (Lipinski definition) is 1. The van der Waals surface area contributed by atoms with Crippen LogP contribution in [-0.2, 0) is 14.4 Å². The van der Waals surface area contributed by atoms with E-state index in [1.807, 2.05) is 40.0 Å². The summed E-state index contributed by atoms with van der Waals surface area (Å²) in [5.74, 6) is -0.195. The molecule has 158 valence electrons. The maximum atomic E-state index is 13.9. The van der Waals surface area contributed by atoms with Gasteiger partial charge in [0, 0.05) is 17.8 Å². The Labute approximate surface area is 172 Å². The van der Waals surface area contributed by atoms with E-state index in [1.165, 1.54) is 0 Å². The van der Waals surface area contributed by atoms with Crippen molar-refractivity contribution in [2.24, 2.45) is 4.99 Å². The smallest absolute Gasteiger partial charge is 0.250 e. The summed E-state index contributed by atoms with van der Waals surface area (Å²) in [5.41, 5.74) is -0.482. The van der Waals surface area contributed by atoms with E-state index in [-0.39, 0.29) is 42.3 Å². The standard InChI is InChI=1S/C22H32N4O3/c1-15-10-11-17-23-18(27)12-22(5,26(17)13-15)20(29)25(16-8-6-7-9-16)14-19(28)24-21(2,3)4/h10-11,13,16H,6-9,12,14H2,1-5H3,(H,24,28)/t22-/m1/s1. The molecule has 1 atom stereocenters. The van der Waals surface area contributed by atoms with Crippen molar-refractivity contribution in [1.29, 1.82) is 0 Å². The third-order valence-corrected chi connectivity index (χ3v) is 5.66. The first-order chi connectivity index (χ1) is 13.5. The van der Waals surface area contributed by atoms with Crippen molar-refractivity contribution in [1.82, 2.24) is 15.1 Å². The summed E-state index contributed by atoms with van der Waals surface area (Å²) < 4.78 is 0. The number of allylic oxidation sites excluding steroid dienone is 2. The average Bonchev–Trinajstić information content (AvgIpc) is 3.12. The number of carbonyl (C=O) groups excluding carboxylic acids is 3. The number of rotatable bonds is 4.